The van der Waals surface area contributed by atoms with E-state index in [0.29, 0.717) is 22.5 Å². The minimum Gasteiger partial charge on any atom is -0.507 e. The van der Waals surface area contributed by atoms with Gasteiger partial charge in [-0.2, -0.15) is 0 Å². The molecule has 1 aliphatic carbocycles. The van der Waals surface area contributed by atoms with Gasteiger partial charge in [0.25, 0.3) is 11.7 Å². The topological polar surface area (TPSA) is 99.6 Å². The number of ketones is 1. The summed E-state index contributed by atoms with van der Waals surface area (Å²) in [7, 11) is 0. The van der Waals surface area contributed by atoms with E-state index in [2.05, 4.69) is 10.3 Å². The molecule has 2 amide bonds. The number of anilines is 2. The smallest absolute Gasteiger partial charge is 0.300 e. The van der Waals surface area contributed by atoms with Crippen molar-refractivity contribution in [2.45, 2.75) is 38.6 Å². The zero-order valence-corrected chi connectivity index (χ0v) is 19.3. The van der Waals surface area contributed by atoms with Crippen LogP contribution in [0.25, 0.3) is 5.76 Å². The van der Waals surface area contributed by atoms with Crippen LogP contribution in [0.4, 0.5) is 11.4 Å². The Kier molecular flexibility index (Phi) is 5.91. The molecule has 1 unspecified atom stereocenters. The normalized spacial score (nSPS) is 18.9. The number of amides is 2. The molecule has 2 aliphatic rings. The number of aromatic nitrogens is 1. The highest BCUT2D eigenvalue weighted by Crippen LogP contribution is 2.42. The first-order valence-electron chi connectivity index (χ1n) is 11.6. The molecule has 7 heteroatoms. The maximum absolute atomic E-state index is 13.3. The van der Waals surface area contributed by atoms with E-state index in [1.54, 1.807) is 48.8 Å². The summed E-state index contributed by atoms with van der Waals surface area (Å²) in [6.45, 7) is 1.41. The Morgan fingerprint density at radius 3 is 2.46 bits per heavy atom. The van der Waals surface area contributed by atoms with Gasteiger partial charge in [0.05, 0.1) is 11.6 Å². The van der Waals surface area contributed by atoms with Gasteiger partial charge in [0.2, 0.25) is 5.91 Å². The molecule has 1 aliphatic heterocycles. The van der Waals surface area contributed by atoms with Crippen molar-refractivity contribution in [2.24, 2.45) is 0 Å². The van der Waals surface area contributed by atoms with Gasteiger partial charge < -0.3 is 10.4 Å². The monoisotopic (exact) mass is 467 g/mol. The number of nitrogens with one attached hydrogen (secondary N) is 1. The number of aliphatic hydroxyl groups is 1. The number of aliphatic hydroxyl groups excluding tert-OH is 1. The highest BCUT2D eigenvalue weighted by atomic mass is 16.3. The average molecular weight is 468 g/mol. The Morgan fingerprint density at radius 2 is 1.77 bits per heavy atom. The lowest BCUT2D eigenvalue weighted by Gasteiger charge is -2.25. The number of carbonyl (C=O) groups is 3. The molecule has 0 radical (unpaired) electrons. The highest BCUT2D eigenvalue weighted by Gasteiger charge is 2.47. The summed E-state index contributed by atoms with van der Waals surface area (Å²) >= 11 is 0. The van der Waals surface area contributed by atoms with E-state index >= 15 is 0 Å². The Labute approximate surface area is 203 Å². The molecular weight excluding hydrogens is 442 g/mol. The van der Waals surface area contributed by atoms with Crippen LogP contribution in [0.1, 0.15) is 48.1 Å². The molecule has 1 fully saturated rings. The van der Waals surface area contributed by atoms with Crippen molar-refractivity contribution in [1.82, 2.24) is 4.98 Å². The van der Waals surface area contributed by atoms with Crippen LogP contribution in [0.5, 0.6) is 0 Å². The number of fused-ring (bicyclic) bond motifs is 1. The van der Waals surface area contributed by atoms with Gasteiger partial charge in [0.15, 0.2) is 0 Å². The zero-order chi connectivity index (χ0) is 24.5. The predicted octanol–water partition coefficient (Wildman–Crippen LogP) is 4.55. The fourth-order valence-electron chi connectivity index (χ4n) is 4.90. The molecule has 1 saturated heterocycles. The molecule has 176 valence electrons. The number of rotatable bonds is 4. The number of benzene rings is 2. The highest BCUT2D eigenvalue weighted by molar-refractivity contribution is 6.51. The van der Waals surface area contributed by atoms with Crippen molar-refractivity contribution in [3.8, 4) is 0 Å². The van der Waals surface area contributed by atoms with E-state index in [0.717, 1.165) is 25.7 Å². The molecule has 0 bridgehead atoms. The first-order chi connectivity index (χ1) is 16.9. The van der Waals surface area contributed by atoms with Gasteiger partial charge in [-0.3, -0.25) is 24.3 Å². The summed E-state index contributed by atoms with van der Waals surface area (Å²) in [5.41, 5.74) is 4.64. The first-order valence-corrected chi connectivity index (χ1v) is 11.6. The Morgan fingerprint density at radius 1 is 1.03 bits per heavy atom. The fourth-order valence-corrected chi connectivity index (χ4v) is 4.90. The largest absolute Gasteiger partial charge is 0.507 e. The second-order valence-electron chi connectivity index (χ2n) is 8.87. The molecule has 2 heterocycles. The summed E-state index contributed by atoms with van der Waals surface area (Å²) < 4.78 is 0. The van der Waals surface area contributed by atoms with E-state index in [9.17, 15) is 19.5 Å². The number of pyridine rings is 1. The summed E-state index contributed by atoms with van der Waals surface area (Å²) in [5, 5.41) is 14.1. The van der Waals surface area contributed by atoms with Crippen LogP contribution >= 0.6 is 0 Å². The summed E-state index contributed by atoms with van der Waals surface area (Å²) in [4.78, 5) is 43.5. The van der Waals surface area contributed by atoms with E-state index in [4.69, 9.17) is 0 Å². The van der Waals surface area contributed by atoms with Crippen molar-refractivity contribution < 1.29 is 19.5 Å². The summed E-state index contributed by atoms with van der Waals surface area (Å²) in [6, 6.07) is 15.1. The van der Waals surface area contributed by atoms with Crippen molar-refractivity contribution in [3.05, 3.63) is 94.8 Å². The third kappa shape index (κ3) is 4.21. The van der Waals surface area contributed by atoms with Crippen LogP contribution in [-0.4, -0.2) is 27.7 Å². The van der Waals surface area contributed by atoms with Crippen molar-refractivity contribution in [1.29, 1.82) is 0 Å². The molecule has 3 aromatic rings. The van der Waals surface area contributed by atoms with E-state index in [-0.39, 0.29) is 17.2 Å². The number of hydrogen-bond acceptors (Lipinski definition) is 5. The maximum atomic E-state index is 13.3. The average Bonchev–Trinajstić information content (AvgIpc) is 3.14. The van der Waals surface area contributed by atoms with Crippen molar-refractivity contribution in [3.63, 3.8) is 0 Å². The molecule has 5 rings (SSSR count). The molecule has 35 heavy (non-hydrogen) atoms. The lowest BCUT2D eigenvalue weighted by atomic mass is 9.89. The third-order valence-electron chi connectivity index (χ3n) is 6.53. The lowest BCUT2D eigenvalue weighted by Crippen LogP contribution is -2.29. The van der Waals surface area contributed by atoms with Crippen LogP contribution in [0.15, 0.2) is 72.6 Å². The number of carbonyl (C=O) groups excluding carboxylic acids is 3. The number of Topliss-reactive ketones (excluding diaryl/α,β-unsaturated/α-hetero) is 1. The summed E-state index contributed by atoms with van der Waals surface area (Å²) in [5.74, 6) is -1.88. The van der Waals surface area contributed by atoms with E-state index in [1.807, 2.05) is 18.2 Å². The van der Waals surface area contributed by atoms with Crippen LogP contribution in [-0.2, 0) is 27.2 Å². The predicted molar refractivity (Wildman–Crippen MR) is 133 cm³/mol. The van der Waals surface area contributed by atoms with Gasteiger partial charge in [-0.05, 0) is 78.8 Å². The first kappa shape index (κ1) is 22.5. The van der Waals surface area contributed by atoms with Crippen LogP contribution in [0.3, 0.4) is 0 Å². The molecule has 7 nitrogen and oxygen atoms in total. The molecule has 0 saturated carbocycles. The van der Waals surface area contributed by atoms with Crippen LogP contribution in [0, 0.1) is 0 Å². The molecule has 0 spiro atoms. The second kappa shape index (κ2) is 9.18. The molecule has 1 atom stereocenters. The minimum absolute atomic E-state index is 0.0321. The van der Waals surface area contributed by atoms with Gasteiger partial charge in [-0.1, -0.05) is 18.2 Å². The van der Waals surface area contributed by atoms with Crippen molar-refractivity contribution >= 4 is 34.7 Å². The van der Waals surface area contributed by atoms with Gasteiger partial charge >= 0.3 is 0 Å². The van der Waals surface area contributed by atoms with E-state index in [1.165, 1.54) is 23.0 Å². The fraction of sp³-hybridized carbons (Fsp3) is 0.214. The van der Waals surface area contributed by atoms with Gasteiger partial charge in [-0.15, -0.1) is 0 Å². The Balaban J connectivity index is 1.62. The molecule has 1 aromatic heterocycles. The second-order valence-corrected chi connectivity index (χ2v) is 8.87. The zero-order valence-electron chi connectivity index (χ0n) is 19.3. The van der Waals surface area contributed by atoms with Crippen molar-refractivity contribution in [2.75, 3.05) is 10.2 Å². The lowest BCUT2D eigenvalue weighted by molar-refractivity contribution is -0.132. The quantitative estimate of drug-likeness (QED) is 0.333. The SMILES string of the molecule is CC(=O)Nc1ccc(N2C(=O)C(=O)/C(=C(\O)c3ccc4c(c3)CCCC4)C2c2cccnc2)cc1. The number of aryl methyl sites for hydroxylation is 2. The summed E-state index contributed by atoms with van der Waals surface area (Å²) in [6.07, 6.45) is 7.37. The third-order valence-corrected chi connectivity index (χ3v) is 6.53. The van der Waals surface area contributed by atoms with Gasteiger partial charge in [0, 0.05) is 36.3 Å². The van der Waals surface area contributed by atoms with Crippen LogP contribution in [0.2, 0.25) is 0 Å². The maximum Gasteiger partial charge on any atom is 0.300 e. The molecular formula is C28H25N3O4. The number of hydrogen-bond donors (Lipinski definition) is 2. The molecule has 2 N–H and O–H groups in total. The minimum atomic E-state index is -0.841. The van der Waals surface area contributed by atoms with E-state index < -0.39 is 17.7 Å². The van der Waals surface area contributed by atoms with Gasteiger partial charge in [-0.25, -0.2) is 0 Å². The number of nitrogens with zero attached hydrogens (tertiary/aromatic N) is 2. The molecule has 2 aromatic carbocycles. The standard InChI is InChI=1S/C28H25N3O4/c1-17(32)30-22-10-12-23(13-11-22)31-25(21-7-4-14-29-16-21)24(27(34)28(31)35)26(33)20-9-8-18-5-2-3-6-19(18)15-20/h4,7-16,25,33H,2-3,5-6H2,1H3,(H,30,32)/b26-24-. The van der Waals surface area contributed by atoms with Gasteiger partial charge in [0.1, 0.15) is 5.76 Å². The van der Waals surface area contributed by atoms with Crippen LogP contribution < -0.4 is 10.2 Å². The Bertz CT molecular complexity index is 1350. The Hall–Kier alpha value is -4.26.